The zero-order valence-corrected chi connectivity index (χ0v) is 16.7. The maximum atomic E-state index is 6.03. The van der Waals surface area contributed by atoms with Crippen molar-refractivity contribution in [3.8, 4) is 11.5 Å². The number of benzene rings is 1. The second-order valence-electron chi connectivity index (χ2n) is 6.35. The minimum Gasteiger partial charge on any atom is -0.379 e. The van der Waals surface area contributed by atoms with Gasteiger partial charge >= 0.3 is 141 Å². The summed E-state index contributed by atoms with van der Waals surface area (Å²) in [6.45, 7) is 5.47. The summed E-state index contributed by atoms with van der Waals surface area (Å²) in [5, 5.41) is 1.22. The molecule has 0 aliphatic carbocycles. The van der Waals surface area contributed by atoms with Gasteiger partial charge in [0.2, 0.25) is 0 Å². The van der Waals surface area contributed by atoms with Gasteiger partial charge in [-0.3, -0.25) is 0 Å². The summed E-state index contributed by atoms with van der Waals surface area (Å²) in [7, 11) is 1.71. The number of morpholine rings is 1. The quantitative estimate of drug-likeness (QED) is 0.320. The van der Waals surface area contributed by atoms with Crippen molar-refractivity contribution in [1.29, 1.82) is 0 Å². The summed E-state index contributed by atoms with van der Waals surface area (Å²) < 4.78 is 19.2. The molecule has 4 rings (SSSR count). The summed E-state index contributed by atoms with van der Waals surface area (Å²) in [5.74, 6) is 1.61. The average Bonchev–Trinajstić information content (AvgIpc) is 3.50. The Morgan fingerprint density at radius 3 is 2.88 bits per heavy atom. The van der Waals surface area contributed by atoms with Gasteiger partial charge < -0.3 is 4.74 Å². The molecule has 0 N–H and O–H groups in total. The normalized spacial score (nSPS) is 20.9. The van der Waals surface area contributed by atoms with Crippen LogP contribution in [0, 0.1) is 0 Å². The molecule has 0 radical (unpaired) electrons. The van der Waals surface area contributed by atoms with Crippen LogP contribution in [0.4, 0.5) is 0 Å². The minimum atomic E-state index is 0.366. The van der Waals surface area contributed by atoms with Crippen LogP contribution in [0.5, 0.6) is 11.5 Å². The van der Waals surface area contributed by atoms with Crippen molar-refractivity contribution in [2.75, 3.05) is 51.0 Å². The first-order valence-electron chi connectivity index (χ1n) is 8.82. The summed E-state index contributed by atoms with van der Waals surface area (Å²) >= 11 is 0.366. The molecule has 0 saturated carbocycles. The Bertz CT molecular complexity index is 730. The predicted octanol–water partition coefficient (Wildman–Crippen LogP) is -0.512. The predicted molar refractivity (Wildman–Crippen MR) is 93.3 cm³/mol. The van der Waals surface area contributed by atoms with E-state index in [4.69, 9.17) is 14.2 Å². The molecule has 1 atom stereocenters. The molecule has 6 heteroatoms. The molecule has 25 heavy (non-hydrogen) atoms. The van der Waals surface area contributed by atoms with Crippen LogP contribution in [-0.4, -0.2) is 60.9 Å². The summed E-state index contributed by atoms with van der Waals surface area (Å²) in [4.78, 5) is 6.97. The second-order valence-corrected chi connectivity index (χ2v) is 9.62. The topological polar surface area (TPSA) is 43.8 Å². The molecule has 2 aromatic rings. The monoisotopic (exact) mass is 455 g/mol. The molecule has 1 unspecified atom stereocenters. The molecule has 1 aromatic heterocycles. The van der Waals surface area contributed by atoms with Gasteiger partial charge in [0.25, 0.3) is 0 Å². The van der Waals surface area contributed by atoms with E-state index >= 15 is 0 Å². The van der Waals surface area contributed by atoms with Crippen LogP contribution in [0.2, 0.25) is 0 Å². The fourth-order valence-electron chi connectivity index (χ4n) is 3.23. The van der Waals surface area contributed by atoms with Gasteiger partial charge in [0, 0.05) is 0 Å². The molecule has 136 valence electrons. The van der Waals surface area contributed by atoms with Crippen molar-refractivity contribution >= 4 is 10.9 Å². The number of hydrogen-bond acceptors (Lipinski definition) is 5. The Labute approximate surface area is 158 Å². The number of halogens is 1. The van der Waals surface area contributed by atoms with Gasteiger partial charge in [-0.15, -0.1) is 0 Å². The van der Waals surface area contributed by atoms with Gasteiger partial charge in [0.1, 0.15) is 0 Å². The summed E-state index contributed by atoms with van der Waals surface area (Å²) in [5.41, 5.74) is 2.45. The molecule has 2 saturated heterocycles. The van der Waals surface area contributed by atoms with Crippen LogP contribution in [0.25, 0.3) is 10.9 Å². The van der Waals surface area contributed by atoms with Crippen LogP contribution in [-0.2, 0) is 4.74 Å². The van der Waals surface area contributed by atoms with Crippen molar-refractivity contribution in [2.24, 2.45) is 0 Å². The van der Waals surface area contributed by atoms with Gasteiger partial charge in [-0.25, -0.2) is 0 Å². The first-order chi connectivity index (χ1) is 12.3. The zero-order chi connectivity index (χ0) is 17.1. The third-order valence-corrected chi connectivity index (χ3v) is 7.12. The van der Waals surface area contributed by atoms with Crippen molar-refractivity contribution < 1.29 is 35.4 Å². The van der Waals surface area contributed by atoms with E-state index in [2.05, 4.69) is 22.0 Å². The first kappa shape index (κ1) is 17.3. The number of fused-ring (bicyclic) bond motifs is 1. The van der Waals surface area contributed by atoms with E-state index in [9.17, 15) is 0 Å². The number of nitrogens with zero attached hydrogens (tertiary/aromatic N) is 2. The van der Waals surface area contributed by atoms with Crippen molar-refractivity contribution in [3.05, 3.63) is 30.0 Å². The molecule has 3 heterocycles. The molecule has 2 aliphatic heterocycles. The Hall–Kier alpha value is -1.12. The van der Waals surface area contributed by atoms with Gasteiger partial charge in [-0.2, -0.15) is 0 Å². The molecule has 1 aromatic carbocycles. The Balaban J connectivity index is 1.43. The molecule has 5 nitrogen and oxygen atoms in total. The molecule has 2 fully saturated rings. The van der Waals surface area contributed by atoms with E-state index in [0.717, 1.165) is 60.2 Å². The van der Waals surface area contributed by atoms with Crippen molar-refractivity contribution in [2.45, 2.75) is 10.3 Å². The van der Waals surface area contributed by atoms with Crippen LogP contribution < -0.4 is 30.7 Å². The van der Waals surface area contributed by atoms with Gasteiger partial charge in [0.05, 0.1) is 13.2 Å². The van der Waals surface area contributed by atoms with E-state index in [1.807, 2.05) is 12.3 Å². The molecule has 0 amide bonds. The number of methoxy groups -OCH3 is 1. The Morgan fingerprint density at radius 1 is 1.28 bits per heavy atom. The third kappa shape index (κ3) is 4.17. The number of pyridine rings is 1. The van der Waals surface area contributed by atoms with E-state index in [-0.39, 0.29) is 0 Å². The van der Waals surface area contributed by atoms with Gasteiger partial charge in [-0.05, 0) is 0 Å². The van der Waals surface area contributed by atoms with Crippen LogP contribution in [0.15, 0.2) is 24.4 Å². The van der Waals surface area contributed by atoms with Crippen molar-refractivity contribution in [3.63, 3.8) is 0 Å². The number of rotatable bonds is 7. The van der Waals surface area contributed by atoms with E-state index in [0.29, 0.717) is 27.8 Å². The fourth-order valence-corrected chi connectivity index (χ4v) is 4.97. The number of hydrogen-bond donors (Lipinski definition) is 0. The third-order valence-electron chi connectivity index (χ3n) is 4.69. The van der Waals surface area contributed by atoms with Crippen molar-refractivity contribution in [1.82, 2.24) is 9.88 Å². The average molecular weight is 455 g/mol. The van der Waals surface area contributed by atoms with E-state index < -0.39 is 0 Å². The Morgan fingerprint density at radius 2 is 2.12 bits per heavy atom. The van der Waals surface area contributed by atoms with Crippen LogP contribution in [0.1, 0.15) is 15.9 Å². The summed E-state index contributed by atoms with van der Waals surface area (Å²) in [6, 6.07) is 6.31. The Kier molecular flexibility index (Phi) is 5.57. The first-order valence-corrected chi connectivity index (χ1v) is 11.6. The molecule has 0 bridgehead atoms. The molecular weight excluding hydrogens is 431 g/mol. The maximum absolute atomic E-state index is 6.03. The summed E-state index contributed by atoms with van der Waals surface area (Å²) in [6.07, 6.45) is 2.93. The molecule has 2 aliphatic rings. The number of alkyl halides is 2. The van der Waals surface area contributed by atoms with Crippen LogP contribution in [0.3, 0.4) is 0 Å². The van der Waals surface area contributed by atoms with Crippen LogP contribution >= 0.6 is 0 Å². The second kappa shape index (κ2) is 8.05. The molecule has 0 spiro atoms. The zero-order valence-electron chi connectivity index (χ0n) is 14.5. The van der Waals surface area contributed by atoms with E-state index in [1.165, 1.54) is 15.4 Å². The fraction of sp³-hybridized carbons (Fsp3) is 0.526. The smallest absolute Gasteiger partial charge is 0.379 e. The number of ether oxygens (including phenoxy) is 3. The SMILES string of the molecule is COc1cc2c(C3C[I-]3)ccnc2cc1OCCCN1CCOCC1. The van der Waals surface area contributed by atoms with E-state index in [1.54, 1.807) is 7.11 Å². The molecular formula is C19H24IN2O3-. The standard InChI is InChI=1S/C19H24IN2O3/c1-23-18-11-15-14(16-13-20-16)3-4-21-17(15)12-19(18)25-8-2-5-22-6-9-24-10-7-22/h3-4,11-12,16H,2,5-10,13H2,1H3/q-1. The van der Waals surface area contributed by atoms with Gasteiger partial charge in [0.15, 0.2) is 0 Å². The van der Waals surface area contributed by atoms with Gasteiger partial charge in [-0.1, -0.05) is 0 Å². The minimum absolute atomic E-state index is 0.366. The number of aromatic nitrogens is 1.